The van der Waals surface area contributed by atoms with E-state index in [-0.39, 0.29) is 41.7 Å². The maximum Gasteiger partial charge on any atom is 0.315 e. The molecule has 1 saturated carbocycles. The highest BCUT2D eigenvalue weighted by Crippen LogP contribution is 2.51. The molecule has 0 saturated heterocycles. The average molecular weight is 456 g/mol. The van der Waals surface area contributed by atoms with Crippen LogP contribution in [0.3, 0.4) is 0 Å². The lowest BCUT2D eigenvalue weighted by Gasteiger charge is -2.23. The highest BCUT2D eigenvalue weighted by molar-refractivity contribution is 6.02. The summed E-state index contributed by atoms with van der Waals surface area (Å²) < 4.78 is 22.2. The van der Waals surface area contributed by atoms with Crippen LogP contribution in [0.1, 0.15) is 49.0 Å². The predicted molar refractivity (Wildman–Crippen MR) is 118 cm³/mol. The molecule has 0 aliphatic heterocycles. The van der Waals surface area contributed by atoms with Crippen LogP contribution in [0.2, 0.25) is 0 Å². The monoisotopic (exact) mass is 456 g/mol. The molecule has 0 aromatic heterocycles. The van der Waals surface area contributed by atoms with E-state index in [1.807, 2.05) is 6.07 Å². The average Bonchev–Trinajstić information content (AvgIpc) is 3.47. The van der Waals surface area contributed by atoms with Gasteiger partial charge in [0.1, 0.15) is 12.0 Å². The summed E-state index contributed by atoms with van der Waals surface area (Å²) in [7, 11) is 1.43. The number of carbonyl (C=O) groups is 2. The fourth-order valence-corrected chi connectivity index (χ4v) is 4.13. The number of ketones is 1. The largest absolute Gasteiger partial charge is 0.493 e. The summed E-state index contributed by atoms with van der Waals surface area (Å²) in [6, 6.07) is 8.89. The van der Waals surface area contributed by atoms with Gasteiger partial charge in [0.2, 0.25) is 5.75 Å². The minimum Gasteiger partial charge on any atom is -0.493 e. The third-order valence-corrected chi connectivity index (χ3v) is 6.01. The molecular weight excluding hydrogens is 428 g/mol. The molecule has 8 heteroatoms. The lowest BCUT2D eigenvalue weighted by Crippen LogP contribution is -2.28. The highest BCUT2D eigenvalue weighted by Gasteiger charge is 2.53. The number of fused-ring (bicyclic) bond motifs is 1. The van der Waals surface area contributed by atoms with Crippen molar-refractivity contribution in [1.29, 1.82) is 0 Å². The summed E-state index contributed by atoms with van der Waals surface area (Å²) in [6.07, 6.45) is 2.05. The number of esters is 1. The second-order valence-corrected chi connectivity index (χ2v) is 8.70. The van der Waals surface area contributed by atoms with Gasteiger partial charge in [-0.1, -0.05) is 18.2 Å². The summed E-state index contributed by atoms with van der Waals surface area (Å²) in [5, 5.41) is 19.1. The molecule has 176 valence electrons. The van der Waals surface area contributed by atoms with E-state index in [0.717, 1.165) is 11.1 Å². The Bertz CT molecular complexity index is 1070. The molecule has 2 aliphatic carbocycles. The quantitative estimate of drug-likeness (QED) is 0.437. The van der Waals surface area contributed by atoms with Gasteiger partial charge in [-0.25, -0.2) is 0 Å². The normalized spacial score (nSPS) is 16.0. The molecular formula is C25H28O8. The first-order valence-electron chi connectivity index (χ1n) is 11.0. The number of benzene rings is 2. The van der Waals surface area contributed by atoms with Crippen LogP contribution < -0.4 is 14.2 Å². The van der Waals surface area contributed by atoms with E-state index in [1.165, 1.54) is 7.11 Å². The Balaban J connectivity index is 1.77. The van der Waals surface area contributed by atoms with Crippen molar-refractivity contribution in [1.82, 2.24) is 0 Å². The van der Waals surface area contributed by atoms with E-state index in [1.54, 1.807) is 38.1 Å². The number of rotatable bonds is 9. The van der Waals surface area contributed by atoms with Crippen LogP contribution in [-0.4, -0.2) is 48.3 Å². The van der Waals surface area contributed by atoms with Crippen molar-refractivity contribution >= 4 is 11.8 Å². The third-order valence-electron chi connectivity index (χ3n) is 6.01. The third kappa shape index (κ3) is 4.54. The van der Waals surface area contributed by atoms with Crippen LogP contribution >= 0.6 is 0 Å². The van der Waals surface area contributed by atoms with Gasteiger partial charge < -0.3 is 29.2 Å². The Kier molecular flexibility index (Phi) is 6.32. The van der Waals surface area contributed by atoms with E-state index in [4.69, 9.17) is 18.9 Å². The first kappa shape index (κ1) is 23.1. The first-order valence-corrected chi connectivity index (χ1v) is 11.0. The number of hydrogen-bond donors (Lipinski definition) is 2. The van der Waals surface area contributed by atoms with Gasteiger partial charge >= 0.3 is 12.4 Å². The number of aliphatic hydroxyl groups is 2. The van der Waals surface area contributed by atoms with Gasteiger partial charge in [0, 0.05) is 17.5 Å². The molecule has 2 aromatic rings. The van der Waals surface area contributed by atoms with Crippen molar-refractivity contribution in [3.8, 4) is 28.4 Å². The van der Waals surface area contributed by atoms with Gasteiger partial charge in [-0.15, -0.1) is 0 Å². The van der Waals surface area contributed by atoms with E-state index in [2.05, 4.69) is 0 Å². The molecule has 0 bridgehead atoms. The number of methoxy groups -OCH3 is 1. The Morgan fingerprint density at radius 3 is 2.39 bits per heavy atom. The summed E-state index contributed by atoms with van der Waals surface area (Å²) in [6.45, 7) is 1.51. The van der Waals surface area contributed by atoms with Gasteiger partial charge in [0.15, 0.2) is 17.3 Å². The van der Waals surface area contributed by atoms with Crippen LogP contribution in [-0.2, 0) is 16.0 Å². The highest BCUT2D eigenvalue weighted by atomic mass is 16.7. The number of aliphatic hydroxyl groups excluding tert-OH is 1. The van der Waals surface area contributed by atoms with E-state index >= 15 is 0 Å². The van der Waals surface area contributed by atoms with E-state index in [0.29, 0.717) is 36.8 Å². The van der Waals surface area contributed by atoms with Crippen molar-refractivity contribution < 1.29 is 38.7 Å². The number of Topliss-reactive ketones (excluding diaryl/α,β-unsaturated/α-hetero) is 1. The number of ether oxygens (including phenoxy) is 4. The fraction of sp³-hybridized carbons (Fsp3) is 0.440. The Labute approximate surface area is 192 Å². The molecule has 2 aliphatic rings. The zero-order valence-electron chi connectivity index (χ0n) is 18.9. The smallest absolute Gasteiger partial charge is 0.315 e. The molecule has 0 radical (unpaired) electrons. The van der Waals surface area contributed by atoms with Crippen molar-refractivity contribution in [2.45, 2.75) is 52.1 Å². The summed E-state index contributed by atoms with van der Waals surface area (Å²) in [5.74, 6) is 0.204. The summed E-state index contributed by atoms with van der Waals surface area (Å²) in [4.78, 5) is 24.9. The predicted octanol–water partition coefficient (Wildman–Crippen LogP) is 3.25. The molecule has 0 unspecified atom stereocenters. The van der Waals surface area contributed by atoms with Crippen LogP contribution in [0.15, 0.2) is 30.3 Å². The SMILES string of the molecule is COc1ccc(-c2cccc3c2CCC3=O)c(OCC2(C(=O)OC(C)C)CC2)c1OC(O)O. The lowest BCUT2D eigenvalue weighted by molar-refractivity contribution is -0.181. The van der Waals surface area contributed by atoms with Crippen LogP contribution in [0.4, 0.5) is 0 Å². The molecule has 2 N–H and O–H groups in total. The lowest BCUT2D eigenvalue weighted by atomic mass is 9.95. The molecule has 8 nitrogen and oxygen atoms in total. The first-order chi connectivity index (χ1) is 15.8. The van der Waals surface area contributed by atoms with Crippen LogP contribution in [0.25, 0.3) is 11.1 Å². The van der Waals surface area contributed by atoms with Crippen molar-refractivity contribution in [3.63, 3.8) is 0 Å². The molecule has 0 atom stereocenters. The summed E-state index contributed by atoms with van der Waals surface area (Å²) >= 11 is 0. The fourth-order valence-electron chi connectivity index (χ4n) is 4.13. The number of hydrogen-bond acceptors (Lipinski definition) is 8. The molecule has 2 aromatic carbocycles. The maximum atomic E-state index is 12.6. The van der Waals surface area contributed by atoms with E-state index in [9.17, 15) is 19.8 Å². The maximum absolute atomic E-state index is 12.6. The van der Waals surface area contributed by atoms with Gasteiger partial charge in [0.05, 0.1) is 13.2 Å². The van der Waals surface area contributed by atoms with Gasteiger partial charge in [-0.3, -0.25) is 9.59 Å². The minimum absolute atomic E-state index is 0.0000431. The van der Waals surface area contributed by atoms with Crippen LogP contribution in [0, 0.1) is 5.41 Å². The molecule has 0 spiro atoms. The standard InChI is InChI=1S/C25H28O8/c1-14(2)32-23(27)25(11-12-25)13-31-21-18(8-10-20(30-3)22(21)33-24(28)29)15-5-4-6-17-16(15)7-9-19(17)26/h4-6,8,10,14,24,28-29H,7,9,11-13H2,1-3H3. The number of carbonyl (C=O) groups excluding carboxylic acids is 2. The Morgan fingerprint density at radius 1 is 1.03 bits per heavy atom. The molecule has 4 rings (SSSR count). The van der Waals surface area contributed by atoms with Crippen molar-refractivity contribution in [2.75, 3.05) is 13.7 Å². The minimum atomic E-state index is -2.11. The second-order valence-electron chi connectivity index (χ2n) is 8.70. The van der Waals surface area contributed by atoms with Gasteiger partial charge in [0.25, 0.3) is 0 Å². The molecule has 1 fully saturated rings. The summed E-state index contributed by atoms with van der Waals surface area (Å²) in [5.41, 5.74) is 2.19. The molecule has 0 heterocycles. The topological polar surface area (TPSA) is 112 Å². The molecule has 0 amide bonds. The van der Waals surface area contributed by atoms with Crippen molar-refractivity contribution in [2.24, 2.45) is 5.41 Å². The van der Waals surface area contributed by atoms with E-state index < -0.39 is 11.9 Å². The van der Waals surface area contributed by atoms with Gasteiger partial charge in [-0.05, 0) is 56.4 Å². The van der Waals surface area contributed by atoms with Crippen LogP contribution in [0.5, 0.6) is 17.2 Å². The Hall–Kier alpha value is -3.10. The second kappa shape index (κ2) is 9.03. The van der Waals surface area contributed by atoms with Gasteiger partial charge in [-0.2, -0.15) is 0 Å². The molecule has 33 heavy (non-hydrogen) atoms. The zero-order chi connectivity index (χ0) is 23.8. The van der Waals surface area contributed by atoms with Crippen molar-refractivity contribution in [3.05, 3.63) is 41.5 Å². The zero-order valence-corrected chi connectivity index (χ0v) is 18.9. The Morgan fingerprint density at radius 2 is 1.76 bits per heavy atom.